The predicted octanol–water partition coefficient (Wildman–Crippen LogP) is 6.41. The molecule has 3 heterocycles. The molecule has 0 saturated carbocycles. The maximum atomic E-state index is 13.1. The molecule has 0 saturated heterocycles. The molecule has 0 aliphatic rings. The summed E-state index contributed by atoms with van der Waals surface area (Å²) in [7, 11) is -1.13. The summed E-state index contributed by atoms with van der Waals surface area (Å²) in [5.74, 6) is 0. The fourth-order valence-corrected chi connectivity index (χ4v) is 4.19. The zero-order valence-corrected chi connectivity index (χ0v) is 19.4. The summed E-state index contributed by atoms with van der Waals surface area (Å²) in [5, 5.41) is 5.44. The van der Waals surface area contributed by atoms with Gasteiger partial charge < -0.3 is 4.74 Å². The molecule has 0 unspecified atom stereocenters. The Morgan fingerprint density at radius 3 is 2.69 bits per heavy atom. The average Bonchev–Trinajstić information content (AvgIpc) is 3.18. The first kappa shape index (κ1) is 22.2. The Hall–Kier alpha value is -2.97. The summed E-state index contributed by atoms with van der Waals surface area (Å²) in [6, 6.07) is 15.5. The van der Waals surface area contributed by atoms with Crippen molar-refractivity contribution in [3.8, 4) is 22.5 Å². The number of hydrogen-bond donors (Lipinski definition) is 0. The molecule has 8 heteroatoms. The van der Waals surface area contributed by atoms with E-state index in [-0.39, 0.29) is 5.69 Å². The summed E-state index contributed by atoms with van der Waals surface area (Å²) in [6.45, 7) is 8.13. The molecular weight excluding hydrogens is 426 g/mol. The zero-order valence-electron chi connectivity index (χ0n) is 18.4. The Kier molecular flexibility index (Phi) is 6.43. The van der Waals surface area contributed by atoms with Crippen molar-refractivity contribution in [3.63, 3.8) is 0 Å². The van der Waals surface area contributed by atoms with Crippen LogP contribution in [0.25, 0.3) is 33.4 Å². The summed E-state index contributed by atoms with van der Waals surface area (Å²) < 4.78 is 34.0. The van der Waals surface area contributed by atoms with E-state index in [1.54, 1.807) is 18.3 Å². The lowest BCUT2D eigenvalue weighted by molar-refractivity contribution is 0.0817. The maximum Gasteiger partial charge on any atom is 0.280 e. The van der Waals surface area contributed by atoms with Gasteiger partial charge >= 0.3 is 0 Å². The van der Waals surface area contributed by atoms with Crippen molar-refractivity contribution >= 4 is 19.0 Å². The van der Waals surface area contributed by atoms with Crippen molar-refractivity contribution in [2.45, 2.75) is 38.8 Å². The van der Waals surface area contributed by atoms with Crippen molar-refractivity contribution < 1.29 is 13.5 Å². The van der Waals surface area contributed by atoms with Gasteiger partial charge in [0.15, 0.2) is 0 Å². The number of aromatic nitrogens is 4. The number of benzene rings is 1. The molecule has 0 atom stereocenters. The van der Waals surface area contributed by atoms with Gasteiger partial charge in [0.2, 0.25) is 0 Å². The van der Waals surface area contributed by atoms with Gasteiger partial charge in [0.05, 0.1) is 23.1 Å². The number of fused-ring (bicyclic) bond motifs is 1. The third kappa shape index (κ3) is 5.08. The maximum absolute atomic E-state index is 13.1. The summed E-state index contributed by atoms with van der Waals surface area (Å²) in [4.78, 5) is 8.55. The fraction of sp³-hybridized carbons (Fsp3) is 0.292. The first-order valence-electron chi connectivity index (χ1n) is 10.6. The second-order valence-electron chi connectivity index (χ2n) is 8.91. The number of rotatable bonds is 8. The largest absolute Gasteiger partial charge is 0.360 e. The summed E-state index contributed by atoms with van der Waals surface area (Å²) >= 11 is 0. The van der Waals surface area contributed by atoms with Crippen LogP contribution in [0.1, 0.15) is 12.1 Å². The molecule has 0 bridgehead atoms. The standard InChI is InChI=1S/C24H26F2N4OSi/c1-32(2,3)13-12-31-16-30-22-10-9-17(14-18(22)15-28-30)19-6-5-11-27-23(19)20-7-4-8-21(29-20)24(25)26/h4-11,14-15,24H,12-13,16H2,1-3H3. The molecule has 4 aromatic rings. The minimum Gasteiger partial charge on any atom is -0.360 e. The van der Waals surface area contributed by atoms with Crippen molar-refractivity contribution in [2.75, 3.05) is 6.61 Å². The second kappa shape index (κ2) is 9.26. The smallest absolute Gasteiger partial charge is 0.280 e. The van der Waals surface area contributed by atoms with Gasteiger partial charge in [0, 0.05) is 31.8 Å². The van der Waals surface area contributed by atoms with Crippen LogP contribution >= 0.6 is 0 Å². The molecule has 5 nitrogen and oxygen atoms in total. The van der Waals surface area contributed by atoms with Gasteiger partial charge in [-0.05, 0) is 41.9 Å². The number of ether oxygens (including phenoxy) is 1. The molecule has 0 aliphatic heterocycles. The van der Waals surface area contributed by atoms with E-state index in [0.29, 0.717) is 18.1 Å². The van der Waals surface area contributed by atoms with Crippen molar-refractivity contribution in [1.82, 2.24) is 19.7 Å². The predicted molar refractivity (Wildman–Crippen MR) is 125 cm³/mol. The highest BCUT2D eigenvalue weighted by Crippen LogP contribution is 2.32. The van der Waals surface area contributed by atoms with Gasteiger partial charge in [-0.25, -0.2) is 18.4 Å². The van der Waals surface area contributed by atoms with E-state index in [2.05, 4.69) is 34.7 Å². The third-order valence-corrected chi connectivity index (χ3v) is 6.91. The molecular formula is C24H26F2N4OSi. The highest BCUT2D eigenvalue weighted by Gasteiger charge is 2.15. The molecule has 32 heavy (non-hydrogen) atoms. The van der Waals surface area contributed by atoms with E-state index in [0.717, 1.165) is 34.7 Å². The molecule has 0 fully saturated rings. The third-order valence-electron chi connectivity index (χ3n) is 5.21. The monoisotopic (exact) mass is 452 g/mol. The Labute approximate surface area is 187 Å². The Morgan fingerprint density at radius 1 is 1.06 bits per heavy atom. The summed E-state index contributed by atoms with van der Waals surface area (Å²) in [5.41, 5.74) is 3.45. The molecule has 4 rings (SSSR count). The lowest BCUT2D eigenvalue weighted by Crippen LogP contribution is -2.22. The average molecular weight is 453 g/mol. The van der Waals surface area contributed by atoms with Crippen LogP contribution in [-0.2, 0) is 11.5 Å². The molecule has 1 aromatic carbocycles. The van der Waals surface area contributed by atoms with Gasteiger partial charge in [-0.3, -0.25) is 4.98 Å². The zero-order chi connectivity index (χ0) is 22.7. The van der Waals surface area contributed by atoms with Gasteiger partial charge in [-0.1, -0.05) is 37.8 Å². The lowest BCUT2D eigenvalue weighted by atomic mass is 10.0. The quantitative estimate of drug-likeness (QED) is 0.229. The van der Waals surface area contributed by atoms with Gasteiger partial charge in [-0.2, -0.15) is 5.10 Å². The molecule has 0 N–H and O–H groups in total. The number of hydrogen-bond acceptors (Lipinski definition) is 4. The van der Waals surface area contributed by atoms with Crippen molar-refractivity contribution in [2.24, 2.45) is 0 Å². The minimum atomic E-state index is -2.63. The number of halogens is 2. The van der Waals surface area contributed by atoms with Crippen LogP contribution in [0.15, 0.2) is 60.9 Å². The molecule has 0 amide bonds. The molecule has 166 valence electrons. The lowest BCUT2D eigenvalue weighted by Gasteiger charge is -2.15. The number of pyridine rings is 2. The van der Waals surface area contributed by atoms with Crippen LogP contribution < -0.4 is 0 Å². The highest BCUT2D eigenvalue weighted by molar-refractivity contribution is 6.76. The first-order chi connectivity index (χ1) is 15.3. The van der Waals surface area contributed by atoms with Crippen molar-refractivity contribution in [3.05, 3.63) is 66.6 Å². The highest BCUT2D eigenvalue weighted by atomic mass is 28.3. The second-order valence-corrected chi connectivity index (χ2v) is 14.5. The van der Waals surface area contributed by atoms with E-state index < -0.39 is 14.5 Å². The number of alkyl halides is 2. The Morgan fingerprint density at radius 2 is 1.91 bits per heavy atom. The molecule has 0 aliphatic carbocycles. The van der Waals surface area contributed by atoms with Gasteiger partial charge in [0.1, 0.15) is 12.4 Å². The van der Waals surface area contributed by atoms with E-state index in [1.165, 1.54) is 6.07 Å². The normalized spacial score (nSPS) is 12.1. The molecule has 0 spiro atoms. The minimum absolute atomic E-state index is 0.259. The van der Waals surface area contributed by atoms with Gasteiger partial charge in [0.25, 0.3) is 6.43 Å². The molecule has 0 radical (unpaired) electrons. The van der Waals surface area contributed by atoms with E-state index in [4.69, 9.17) is 4.74 Å². The van der Waals surface area contributed by atoms with Crippen LogP contribution in [0.2, 0.25) is 25.7 Å². The topological polar surface area (TPSA) is 52.8 Å². The van der Waals surface area contributed by atoms with Crippen LogP contribution in [-0.4, -0.2) is 34.4 Å². The fourth-order valence-electron chi connectivity index (χ4n) is 3.43. The SMILES string of the molecule is C[Si](C)(C)CCOCn1ncc2cc(-c3cccnc3-c3cccc(C(F)F)n3)ccc21. The van der Waals surface area contributed by atoms with Crippen LogP contribution in [0.4, 0.5) is 8.78 Å². The van der Waals surface area contributed by atoms with E-state index in [9.17, 15) is 8.78 Å². The van der Waals surface area contributed by atoms with E-state index >= 15 is 0 Å². The van der Waals surface area contributed by atoms with Crippen LogP contribution in [0, 0.1) is 0 Å². The molecule has 3 aromatic heterocycles. The van der Waals surface area contributed by atoms with Crippen molar-refractivity contribution in [1.29, 1.82) is 0 Å². The van der Waals surface area contributed by atoms with Crippen LogP contribution in [0.3, 0.4) is 0 Å². The Bertz CT molecular complexity index is 1220. The first-order valence-corrected chi connectivity index (χ1v) is 14.3. The van der Waals surface area contributed by atoms with Gasteiger partial charge in [-0.15, -0.1) is 0 Å². The van der Waals surface area contributed by atoms with Crippen LogP contribution in [0.5, 0.6) is 0 Å². The van der Waals surface area contributed by atoms with E-state index in [1.807, 2.05) is 41.2 Å². The number of nitrogens with zero attached hydrogens (tertiary/aromatic N) is 4. The Balaban J connectivity index is 1.61. The summed E-state index contributed by atoms with van der Waals surface area (Å²) in [6.07, 6.45) is 0.827.